The minimum atomic E-state index is -4.41. The number of halogens is 3. The van der Waals surface area contributed by atoms with Gasteiger partial charge < -0.3 is 15.3 Å². The fourth-order valence-electron chi connectivity index (χ4n) is 5.13. The van der Waals surface area contributed by atoms with Crippen LogP contribution in [0.3, 0.4) is 0 Å². The second kappa shape index (κ2) is 11.6. The number of hydrogen-bond acceptors (Lipinski definition) is 6. The summed E-state index contributed by atoms with van der Waals surface area (Å²) >= 11 is 0. The number of carboxylic acid groups (broad SMARTS) is 1. The lowest BCUT2D eigenvalue weighted by Crippen LogP contribution is -2.46. The van der Waals surface area contributed by atoms with Crippen molar-refractivity contribution in [2.24, 2.45) is 0 Å². The van der Waals surface area contributed by atoms with E-state index in [4.69, 9.17) is 5.11 Å². The van der Waals surface area contributed by atoms with Gasteiger partial charge in [0.2, 0.25) is 0 Å². The predicted molar refractivity (Wildman–Crippen MR) is 143 cm³/mol. The summed E-state index contributed by atoms with van der Waals surface area (Å²) in [6.07, 6.45) is -2.64. The number of alkyl halides is 3. The van der Waals surface area contributed by atoms with Crippen LogP contribution in [0.15, 0.2) is 36.4 Å². The number of hydrogen-bond donors (Lipinski definition) is 2. The topological polar surface area (TPSA) is 81.6 Å². The molecule has 0 saturated carbocycles. The summed E-state index contributed by atoms with van der Waals surface area (Å²) in [7, 11) is 0. The smallest absolute Gasteiger partial charge is 0.416 e. The van der Waals surface area contributed by atoms with Gasteiger partial charge in [-0.05, 0) is 69.5 Å². The second-order valence-corrected chi connectivity index (χ2v) is 9.93. The Bertz CT molecular complexity index is 1290. The van der Waals surface area contributed by atoms with Crippen molar-refractivity contribution >= 4 is 28.2 Å². The molecule has 4 rings (SSSR count). The van der Waals surface area contributed by atoms with Crippen molar-refractivity contribution in [3.63, 3.8) is 0 Å². The molecule has 0 amide bonds. The molecule has 1 aliphatic heterocycles. The minimum Gasteiger partial charge on any atom is -0.481 e. The van der Waals surface area contributed by atoms with Gasteiger partial charge >= 0.3 is 12.1 Å². The summed E-state index contributed by atoms with van der Waals surface area (Å²) < 4.78 is 40.4. The Morgan fingerprint density at radius 1 is 1.05 bits per heavy atom. The van der Waals surface area contributed by atoms with Crippen LogP contribution in [0.5, 0.6) is 0 Å². The molecule has 10 heteroatoms. The molecule has 1 saturated heterocycles. The molecular formula is C28H34F3N5O2. The van der Waals surface area contributed by atoms with Crippen molar-refractivity contribution in [1.29, 1.82) is 0 Å². The lowest BCUT2D eigenvalue weighted by molar-refractivity contribution is -0.138. The molecule has 0 radical (unpaired) electrons. The molecule has 38 heavy (non-hydrogen) atoms. The van der Waals surface area contributed by atoms with E-state index >= 15 is 0 Å². The first-order valence-corrected chi connectivity index (χ1v) is 12.9. The van der Waals surface area contributed by atoms with Crippen LogP contribution >= 0.6 is 0 Å². The highest BCUT2D eigenvalue weighted by Gasteiger charge is 2.33. The number of aliphatic carboxylic acids is 1. The molecule has 0 bridgehead atoms. The fraction of sp³-hybridized carbons (Fsp3) is 0.464. The first-order valence-electron chi connectivity index (χ1n) is 12.9. The molecule has 204 valence electrons. The van der Waals surface area contributed by atoms with E-state index in [1.165, 1.54) is 13.0 Å². The summed E-state index contributed by atoms with van der Waals surface area (Å²) in [6, 6.07) is 10.0. The molecule has 1 unspecified atom stereocenters. The molecule has 7 nitrogen and oxygen atoms in total. The highest BCUT2D eigenvalue weighted by Crippen LogP contribution is 2.36. The van der Waals surface area contributed by atoms with Crippen LogP contribution in [0.2, 0.25) is 0 Å². The number of aromatic nitrogens is 2. The van der Waals surface area contributed by atoms with Gasteiger partial charge in [-0.15, -0.1) is 5.10 Å². The van der Waals surface area contributed by atoms with Crippen molar-refractivity contribution in [3.8, 4) is 0 Å². The number of piperazine rings is 1. The van der Waals surface area contributed by atoms with Crippen molar-refractivity contribution in [1.82, 2.24) is 15.1 Å². The van der Waals surface area contributed by atoms with Crippen LogP contribution in [-0.4, -0.2) is 58.9 Å². The maximum Gasteiger partial charge on any atom is 0.416 e. The number of benzene rings is 2. The lowest BCUT2D eigenvalue weighted by atomic mass is 9.97. The molecule has 1 fully saturated rings. The third kappa shape index (κ3) is 6.35. The average Bonchev–Trinajstić information content (AvgIpc) is 2.87. The quantitative estimate of drug-likeness (QED) is 0.338. The maximum absolute atomic E-state index is 13.5. The van der Waals surface area contributed by atoms with Crippen LogP contribution in [-0.2, 0) is 11.0 Å². The van der Waals surface area contributed by atoms with Gasteiger partial charge in [-0.2, -0.15) is 18.3 Å². The van der Waals surface area contributed by atoms with Crippen LogP contribution < -0.4 is 10.2 Å². The Morgan fingerprint density at radius 2 is 1.79 bits per heavy atom. The molecule has 2 heterocycles. The van der Waals surface area contributed by atoms with Crippen LogP contribution in [0.1, 0.15) is 54.6 Å². The fourth-order valence-corrected chi connectivity index (χ4v) is 5.13. The minimum absolute atomic E-state index is 0.200. The van der Waals surface area contributed by atoms with Crippen molar-refractivity contribution in [2.45, 2.75) is 52.3 Å². The van der Waals surface area contributed by atoms with Crippen LogP contribution in [0.25, 0.3) is 10.8 Å². The van der Waals surface area contributed by atoms with Crippen LogP contribution in [0.4, 0.5) is 24.7 Å². The van der Waals surface area contributed by atoms with Gasteiger partial charge in [-0.3, -0.25) is 9.69 Å². The number of anilines is 2. The van der Waals surface area contributed by atoms with E-state index in [2.05, 4.69) is 37.4 Å². The number of nitrogens with zero attached hydrogens (tertiary/aromatic N) is 4. The number of unbranched alkanes of at least 4 members (excludes halogenated alkanes) is 1. The SMILES string of the molecule is Cc1c(C(C)Nc2nnc(C)c3ccc(N4CCN(CCCCC(=O)O)CC4)cc23)cccc1C(F)(F)F. The maximum atomic E-state index is 13.5. The van der Waals surface area contributed by atoms with E-state index in [-0.39, 0.29) is 12.0 Å². The molecule has 1 aliphatic rings. The Balaban J connectivity index is 1.51. The van der Waals surface area contributed by atoms with E-state index in [0.29, 0.717) is 17.8 Å². The standard InChI is InChI=1S/C28H34F3N5O2/c1-18-22(7-6-8-25(18)28(29,30)31)19(2)32-27-24-17-21(10-11-23(24)20(3)33-34-27)36-15-13-35(14-16-36)12-5-4-9-26(37)38/h6-8,10-11,17,19H,4-5,9,12-16H2,1-3H3,(H,32,34)(H,37,38). The Labute approximate surface area is 220 Å². The molecule has 2 aromatic carbocycles. The first kappa shape index (κ1) is 27.6. The van der Waals surface area contributed by atoms with Gasteiger partial charge in [0, 0.05) is 49.1 Å². The second-order valence-electron chi connectivity index (χ2n) is 9.93. The highest BCUT2D eigenvalue weighted by molar-refractivity contribution is 5.95. The average molecular weight is 530 g/mol. The largest absolute Gasteiger partial charge is 0.481 e. The number of carbonyl (C=O) groups is 1. The summed E-state index contributed by atoms with van der Waals surface area (Å²) in [5, 5.41) is 22.6. The monoisotopic (exact) mass is 529 g/mol. The van der Waals surface area contributed by atoms with Crippen molar-refractivity contribution < 1.29 is 23.1 Å². The van der Waals surface area contributed by atoms with Crippen molar-refractivity contribution in [2.75, 3.05) is 42.9 Å². The van der Waals surface area contributed by atoms with Gasteiger partial charge in [0.25, 0.3) is 0 Å². The predicted octanol–water partition coefficient (Wildman–Crippen LogP) is 5.82. The summed E-state index contributed by atoms with van der Waals surface area (Å²) in [5.74, 6) is -0.215. The van der Waals surface area contributed by atoms with Gasteiger partial charge in [0.1, 0.15) is 0 Å². The van der Waals surface area contributed by atoms with E-state index in [9.17, 15) is 18.0 Å². The number of carboxylic acids is 1. The molecule has 1 aromatic heterocycles. The molecule has 0 aliphatic carbocycles. The summed E-state index contributed by atoms with van der Waals surface area (Å²) in [5.41, 5.74) is 1.97. The Morgan fingerprint density at radius 3 is 2.47 bits per heavy atom. The number of rotatable bonds is 9. The van der Waals surface area contributed by atoms with Crippen LogP contribution in [0, 0.1) is 13.8 Å². The first-order chi connectivity index (χ1) is 18.0. The summed E-state index contributed by atoms with van der Waals surface area (Å²) in [6.45, 7) is 9.62. The zero-order valence-electron chi connectivity index (χ0n) is 22.0. The van der Waals surface area contributed by atoms with Gasteiger partial charge in [-0.1, -0.05) is 18.2 Å². The molecular weight excluding hydrogens is 495 g/mol. The van der Waals surface area contributed by atoms with E-state index in [1.807, 2.05) is 19.9 Å². The number of fused-ring (bicyclic) bond motifs is 1. The van der Waals surface area contributed by atoms with E-state index in [1.54, 1.807) is 6.07 Å². The molecule has 3 aromatic rings. The summed E-state index contributed by atoms with van der Waals surface area (Å²) in [4.78, 5) is 15.4. The van der Waals surface area contributed by atoms with E-state index < -0.39 is 23.8 Å². The van der Waals surface area contributed by atoms with Crippen molar-refractivity contribution in [3.05, 3.63) is 58.8 Å². The molecule has 0 spiro atoms. The molecule has 2 N–H and O–H groups in total. The zero-order chi connectivity index (χ0) is 27.4. The Kier molecular flexibility index (Phi) is 8.40. The van der Waals surface area contributed by atoms with Gasteiger partial charge in [0.05, 0.1) is 17.3 Å². The number of aryl methyl sites for hydroxylation is 1. The third-order valence-corrected chi connectivity index (χ3v) is 7.30. The highest BCUT2D eigenvalue weighted by atomic mass is 19.4. The Hall–Kier alpha value is -3.40. The van der Waals surface area contributed by atoms with Gasteiger partial charge in [-0.25, -0.2) is 0 Å². The van der Waals surface area contributed by atoms with Gasteiger partial charge in [0.15, 0.2) is 5.82 Å². The molecule has 1 atom stereocenters. The zero-order valence-corrected chi connectivity index (χ0v) is 22.0. The lowest BCUT2D eigenvalue weighted by Gasteiger charge is -2.36. The third-order valence-electron chi connectivity index (χ3n) is 7.30. The van der Waals surface area contributed by atoms with E-state index in [0.717, 1.165) is 67.4 Å². The normalized spacial score (nSPS) is 15.6. The number of nitrogens with one attached hydrogen (secondary N) is 1.